The lowest BCUT2D eigenvalue weighted by molar-refractivity contribution is 0.0384. The number of rotatable bonds is 7. The van der Waals surface area contributed by atoms with Gasteiger partial charge in [-0.25, -0.2) is 0 Å². The van der Waals surface area contributed by atoms with Crippen LogP contribution in [0.1, 0.15) is 44.1 Å². The molecule has 0 aliphatic heterocycles. The molecule has 1 aromatic heterocycles. The first kappa shape index (κ1) is 12.7. The fraction of sp³-hybridized carbons (Fsp3) is 0.667. The van der Waals surface area contributed by atoms with Gasteiger partial charge in [-0.15, -0.1) is 11.3 Å². The average Bonchev–Trinajstić information content (AvgIpc) is 2.70. The summed E-state index contributed by atoms with van der Waals surface area (Å²) in [4.78, 5) is 1.24. The van der Waals surface area contributed by atoms with Crippen LogP contribution < -0.4 is 5.73 Å². The highest BCUT2D eigenvalue weighted by atomic mass is 32.1. The zero-order valence-electron chi connectivity index (χ0n) is 9.61. The van der Waals surface area contributed by atoms with Crippen LogP contribution in [0.4, 0.5) is 0 Å². The van der Waals surface area contributed by atoms with Gasteiger partial charge in [0, 0.05) is 17.5 Å². The summed E-state index contributed by atoms with van der Waals surface area (Å²) in [5.41, 5.74) is 5.92. The van der Waals surface area contributed by atoms with Gasteiger partial charge >= 0.3 is 0 Å². The van der Waals surface area contributed by atoms with Gasteiger partial charge in [-0.2, -0.15) is 0 Å². The second-order valence-corrected chi connectivity index (χ2v) is 4.85. The molecule has 0 amide bonds. The number of hydrogen-bond donors (Lipinski definition) is 1. The van der Waals surface area contributed by atoms with Crippen LogP contribution in [0.5, 0.6) is 0 Å². The van der Waals surface area contributed by atoms with Crippen molar-refractivity contribution >= 4 is 11.3 Å². The van der Waals surface area contributed by atoms with Crippen molar-refractivity contribution in [1.82, 2.24) is 0 Å². The van der Waals surface area contributed by atoms with Crippen LogP contribution in [0.25, 0.3) is 0 Å². The van der Waals surface area contributed by atoms with Crippen molar-refractivity contribution in [2.75, 3.05) is 6.61 Å². The van der Waals surface area contributed by atoms with Crippen molar-refractivity contribution in [2.45, 2.75) is 45.3 Å². The fourth-order valence-corrected chi connectivity index (χ4v) is 2.40. The standard InChI is InChI=1S/C12H21NOS/c1-3-4-5-8-14-12(10(2)13)11-7-6-9-15-11/h6-7,9-10,12H,3-5,8,13H2,1-2H3. The lowest BCUT2D eigenvalue weighted by Crippen LogP contribution is -2.26. The summed E-state index contributed by atoms with van der Waals surface area (Å²) in [7, 11) is 0. The zero-order valence-corrected chi connectivity index (χ0v) is 10.4. The highest BCUT2D eigenvalue weighted by Crippen LogP contribution is 2.25. The minimum absolute atomic E-state index is 0.0604. The molecule has 0 fully saturated rings. The minimum Gasteiger partial charge on any atom is -0.371 e. The Bertz CT molecular complexity index is 246. The molecule has 1 rings (SSSR count). The third-order valence-electron chi connectivity index (χ3n) is 2.35. The fourth-order valence-electron chi connectivity index (χ4n) is 1.51. The van der Waals surface area contributed by atoms with Gasteiger partial charge in [0.25, 0.3) is 0 Å². The molecule has 0 spiro atoms. The minimum atomic E-state index is 0.0604. The van der Waals surface area contributed by atoms with E-state index in [0.29, 0.717) is 0 Å². The Balaban J connectivity index is 2.39. The van der Waals surface area contributed by atoms with Crippen LogP contribution in [0, 0.1) is 0 Å². The van der Waals surface area contributed by atoms with E-state index in [1.807, 2.05) is 13.0 Å². The maximum atomic E-state index is 5.92. The molecule has 0 saturated carbocycles. The lowest BCUT2D eigenvalue weighted by Gasteiger charge is -2.20. The summed E-state index contributed by atoms with van der Waals surface area (Å²) in [6, 6.07) is 4.20. The van der Waals surface area contributed by atoms with Crippen molar-refractivity contribution in [3.05, 3.63) is 22.4 Å². The summed E-state index contributed by atoms with van der Waals surface area (Å²) in [5, 5.41) is 2.07. The Labute approximate surface area is 96.4 Å². The Morgan fingerprint density at radius 2 is 2.27 bits per heavy atom. The van der Waals surface area contributed by atoms with E-state index in [0.717, 1.165) is 13.0 Å². The van der Waals surface area contributed by atoms with E-state index >= 15 is 0 Å². The summed E-state index contributed by atoms with van der Waals surface area (Å²) >= 11 is 1.72. The molecule has 1 heterocycles. The number of ether oxygens (including phenoxy) is 1. The number of unbranched alkanes of at least 4 members (excludes halogenated alkanes) is 2. The summed E-state index contributed by atoms with van der Waals surface area (Å²) in [5.74, 6) is 0. The molecule has 0 aromatic carbocycles. The first-order chi connectivity index (χ1) is 7.25. The maximum Gasteiger partial charge on any atom is 0.106 e. The molecule has 86 valence electrons. The molecule has 2 N–H and O–H groups in total. The predicted molar refractivity (Wildman–Crippen MR) is 66.2 cm³/mol. The Kier molecular flexibility index (Phi) is 5.91. The van der Waals surface area contributed by atoms with Crippen molar-refractivity contribution in [2.24, 2.45) is 5.73 Å². The van der Waals surface area contributed by atoms with E-state index in [1.54, 1.807) is 11.3 Å². The van der Waals surface area contributed by atoms with E-state index < -0.39 is 0 Å². The van der Waals surface area contributed by atoms with E-state index in [4.69, 9.17) is 10.5 Å². The molecule has 1 aromatic rings. The number of hydrogen-bond acceptors (Lipinski definition) is 3. The molecule has 2 atom stereocenters. The van der Waals surface area contributed by atoms with Gasteiger partial charge < -0.3 is 10.5 Å². The lowest BCUT2D eigenvalue weighted by atomic mass is 10.1. The largest absolute Gasteiger partial charge is 0.371 e. The van der Waals surface area contributed by atoms with E-state index in [-0.39, 0.29) is 12.1 Å². The Hall–Kier alpha value is -0.380. The van der Waals surface area contributed by atoms with Crippen LogP contribution in [0.3, 0.4) is 0 Å². The topological polar surface area (TPSA) is 35.2 Å². The van der Waals surface area contributed by atoms with Crippen LogP contribution in [-0.4, -0.2) is 12.6 Å². The predicted octanol–water partition coefficient (Wildman–Crippen LogP) is 3.34. The molecule has 15 heavy (non-hydrogen) atoms. The van der Waals surface area contributed by atoms with Gasteiger partial charge in [0.2, 0.25) is 0 Å². The molecule has 0 aliphatic rings. The zero-order chi connectivity index (χ0) is 11.1. The van der Waals surface area contributed by atoms with E-state index in [2.05, 4.69) is 18.4 Å². The maximum absolute atomic E-state index is 5.92. The normalized spacial score (nSPS) is 15.1. The summed E-state index contributed by atoms with van der Waals surface area (Å²) in [6.45, 7) is 5.02. The third kappa shape index (κ3) is 4.33. The van der Waals surface area contributed by atoms with E-state index in [1.165, 1.54) is 17.7 Å². The Morgan fingerprint density at radius 3 is 2.80 bits per heavy atom. The van der Waals surface area contributed by atoms with Crippen LogP contribution >= 0.6 is 11.3 Å². The molecule has 0 aliphatic carbocycles. The second kappa shape index (κ2) is 6.99. The highest BCUT2D eigenvalue weighted by molar-refractivity contribution is 7.10. The van der Waals surface area contributed by atoms with Gasteiger partial charge in [-0.05, 0) is 24.8 Å². The van der Waals surface area contributed by atoms with Crippen molar-refractivity contribution < 1.29 is 4.74 Å². The molecular formula is C12H21NOS. The second-order valence-electron chi connectivity index (χ2n) is 3.87. The molecule has 0 radical (unpaired) electrons. The molecule has 3 heteroatoms. The first-order valence-corrected chi connectivity index (χ1v) is 6.54. The van der Waals surface area contributed by atoms with Crippen molar-refractivity contribution in [3.63, 3.8) is 0 Å². The smallest absolute Gasteiger partial charge is 0.106 e. The van der Waals surface area contributed by atoms with Crippen LogP contribution in [-0.2, 0) is 4.74 Å². The molecule has 2 unspecified atom stereocenters. The Morgan fingerprint density at radius 1 is 1.47 bits per heavy atom. The van der Waals surface area contributed by atoms with Gasteiger partial charge in [0.05, 0.1) is 0 Å². The van der Waals surface area contributed by atoms with Crippen LogP contribution in [0.2, 0.25) is 0 Å². The van der Waals surface area contributed by atoms with Gasteiger partial charge in [-0.1, -0.05) is 25.8 Å². The summed E-state index contributed by atoms with van der Waals surface area (Å²) < 4.78 is 5.84. The van der Waals surface area contributed by atoms with Crippen molar-refractivity contribution in [3.8, 4) is 0 Å². The average molecular weight is 227 g/mol. The number of nitrogens with two attached hydrogens (primary N) is 1. The van der Waals surface area contributed by atoms with Gasteiger partial charge in [0.1, 0.15) is 6.10 Å². The van der Waals surface area contributed by atoms with E-state index in [9.17, 15) is 0 Å². The quantitative estimate of drug-likeness (QED) is 0.725. The molecule has 2 nitrogen and oxygen atoms in total. The molecular weight excluding hydrogens is 206 g/mol. The molecule has 0 bridgehead atoms. The SMILES string of the molecule is CCCCCOC(c1cccs1)C(C)N. The van der Waals surface area contributed by atoms with Crippen LogP contribution in [0.15, 0.2) is 17.5 Å². The first-order valence-electron chi connectivity index (χ1n) is 5.66. The highest BCUT2D eigenvalue weighted by Gasteiger charge is 2.17. The third-order valence-corrected chi connectivity index (χ3v) is 3.28. The van der Waals surface area contributed by atoms with Gasteiger partial charge in [-0.3, -0.25) is 0 Å². The van der Waals surface area contributed by atoms with Gasteiger partial charge in [0.15, 0.2) is 0 Å². The summed E-state index contributed by atoms with van der Waals surface area (Å²) in [6.07, 6.45) is 3.66. The monoisotopic (exact) mass is 227 g/mol. The van der Waals surface area contributed by atoms with Crippen molar-refractivity contribution in [1.29, 1.82) is 0 Å². The molecule has 0 saturated heterocycles. The number of thiophene rings is 1.